The highest BCUT2D eigenvalue weighted by Crippen LogP contribution is 2.17. The summed E-state index contributed by atoms with van der Waals surface area (Å²) in [7, 11) is 0. The number of nitrogens with two attached hydrogens (primary N) is 1. The highest BCUT2D eigenvalue weighted by molar-refractivity contribution is 5.73. The van der Waals surface area contributed by atoms with E-state index in [4.69, 9.17) is 10.5 Å². The van der Waals surface area contributed by atoms with Crippen molar-refractivity contribution in [1.29, 1.82) is 0 Å². The molecule has 4 heteroatoms. The molecule has 0 saturated carbocycles. The summed E-state index contributed by atoms with van der Waals surface area (Å²) < 4.78 is 5.49. The van der Waals surface area contributed by atoms with E-state index < -0.39 is 6.10 Å². The molecule has 0 aliphatic heterocycles. The topological polar surface area (TPSA) is 72.6 Å². The van der Waals surface area contributed by atoms with Crippen LogP contribution in [0.1, 0.15) is 37.9 Å². The Morgan fingerprint density at radius 3 is 2.53 bits per heavy atom. The average Bonchev–Trinajstić information content (AvgIpc) is 2.29. The van der Waals surface area contributed by atoms with Gasteiger partial charge in [0, 0.05) is 6.42 Å². The fourth-order valence-electron chi connectivity index (χ4n) is 1.43. The van der Waals surface area contributed by atoms with Crippen molar-refractivity contribution in [2.24, 2.45) is 5.73 Å². The van der Waals surface area contributed by atoms with Crippen molar-refractivity contribution in [3.8, 4) is 5.75 Å². The summed E-state index contributed by atoms with van der Waals surface area (Å²) in [6.07, 6.45) is 1.51. The SMILES string of the molecule is CC(O)c1ccc(OCCCCC(N)=O)cc1. The zero-order valence-corrected chi connectivity index (χ0v) is 10.1. The number of carbonyl (C=O) groups is 1. The van der Waals surface area contributed by atoms with E-state index >= 15 is 0 Å². The van der Waals surface area contributed by atoms with Crippen LogP contribution in [0.25, 0.3) is 0 Å². The first-order valence-corrected chi connectivity index (χ1v) is 5.78. The van der Waals surface area contributed by atoms with Crippen LogP contribution in [-0.4, -0.2) is 17.6 Å². The minimum atomic E-state index is -0.459. The van der Waals surface area contributed by atoms with Crippen LogP contribution in [-0.2, 0) is 4.79 Å². The first kappa shape index (κ1) is 13.5. The molecule has 0 fully saturated rings. The van der Waals surface area contributed by atoms with Crippen molar-refractivity contribution >= 4 is 5.91 Å². The van der Waals surface area contributed by atoms with Crippen molar-refractivity contribution in [3.05, 3.63) is 29.8 Å². The summed E-state index contributed by atoms with van der Waals surface area (Å²) >= 11 is 0. The van der Waals surface area contributed by atoms with Crippen LogP contribution in [0, 0.1) is 0 Å². The third kappa shape index (κ3) is 5.36. The lowest BCUT2D eigenvalue weighted by Gasteiger charge is -2.08. The van der Waals surface area contributed by atoms with Gasteiger partial charge in [-0.1, -0.05) is 12.1 Å². The second kappa shape index (κ2) is 6.91. The molecule has 1 atom stereocenters. The fourth-order valence-corrected chi connectivity index (χ4v) is 1.43. The van der Waals surface area contributed by atoms with Crippen molar-refractivity contribution < 1.29 is 14.6 Å². The van der Waals surface area contributed by atoms with Gasteiger partial charge in [0.05, 0.1) is 12.7 Å². The molecule has 0 aliphatic rings. The molecular weight excluding hydrogens is 218 g/mol. The second-order valence-corrected chi connectivity index (χ2v) is 4.02. The molecule has 0 saturated heterocycles. The molecule has 0 spiro atoms. The Labute approximate surface area is 101 Å². The smallest absolute Gasteiger partial charge is 0.217 e. The lowest BCUT2D eigenvalue weighted by atomic mass is 10.1. The van der Waals surface area contributed by atoms with E-state index in [2.05, 4.69) is 0 Å². The first-order valence-electron chi connectivity index (χ1n) is 5.78. The molecule has 0 heterocycles. The second-order valence-electron chi connectivity index (χ2n) is 4.02. The predicted octanol–water partition coefficient (Wildman–Crippen LogP) is 1.77. The molecule has 17 heavy (non-hydrogen) atoms. The summed E-state index contributed by atoms with van der Waals surface area (Å²) in [5, 5.41) is 9.33. The average molecular weight is 237 g/mol. The van der Waals surface area contributed by atoms with Crippen molar-refractivity contribution in [2.75, 3.05) is 6.61 Å². The maximum absolute atomic E-state index is 10.5. The van der Waals surface area contributed by atoms with Crippen molar-refractivity contribution in [2.45, 2.75) is 32.3 Å². The number of aliphatic hydroxyl groups is 1. The minimum Gasteiger partial charge on any atom is -0.494 e. The van der Waals surface area contributed by atoms with Gasteiger partial charge in [0.2, 0.25) is 5.91 Å². The maximum atomic E-state index is 10.5. The zero-order chi connectivity index (χ0) is 12.7. The molecule has 1 amide bonds. The molecular formula is C13H19NO3. The number of amides is 1. The zero-order valence-electron chi connectivity index (χ0n) is 10.1. The number of primary amides is 1. The largest absolute Gasteiger partial charge is 0.494 e. The maximum Gasteiger partial charge on any atom is 0.217 e. The Balaban J connectivity index is 2.25. The lowest BCUT2D eigenvalue weighted by Crippen LogP contribution is -2.10. The number of carbonyl (C=O) groups excluding carboxylic acids is 1. The molecule has 3 N–H and O–H groups in total. The van der Waals surface area contributed by atoms with E-state index in [-0.39, 0.29) is 5.91 Å². The molecule has 1 aromatic carbocycles. The van der Waals surface area contributed by atoms with Gasteiger partial charge in [-0.05, 0) is 37.5 Å². The molecule has 94 valence electrons. The molecule has 1 unspecified atom stereocenters. The van der Waals surface area contributed by atoms with E-state index in [1.807, 2.05) is 24.3 Å². The normalized spacial score (nSPS) is 12.1. The Kier molecular flexibility index (Phi) is 5.49. The van der Waals surface area contributed by atoms with Crippen LogP contribution in [0.4, 0.5) is 0 Å². The summed E-state index contributed by atoms with van der Waals surface area (Å²) in [6.45, 7) is 2.29. The molecule has 1 aromatic rings. The number of rotatable bonds is 7. The Hall–Kier alpha value is -1.55. The van der Waals surface area contributed by atoms with Gasteiger partial charge in [-0.2, -0.15) is 0 Å². The number of hydrogen-bond donors (Lipinski definition) is 2. The van der Waals surface area contributed by atoms with Crippen LogP contribution in [0.2, 0.25) is 0 Å². The highest BCUT2D eigenvalue weighted by atomic mass is 16.5. The van der Waals surface area contributed by atoms with E-state index in [1.165, 1.54) is 0 Å². The summed E-state index contributed by atoms with van der Waals surface area (Å²) in [6, 6.07) is 7.33. The molecule has 1 rings (SSSR count). The number of benzene rings is 1. The summed E-state index contributed by atoms with van der Waals surface area (Å²) in [4.78, 5) is 10.5. The van der Waals surface area contributed by atoms with Crippen LogP contribution in [0.3, 0.4) is 0 Å². The van der Waals surface area contributed by atoms with E-state index in [1.54, 1.807) is 6.92 Å². The lowest BCUT2D eigenvalue weighted by molar-refractivity contribution is -0.118. The molecule has 0 bridgehead atoms. The van der Waals surface area contributed by atoms with Gasteiger partial charge in [-0.15, -0.1) is 0 Å². The minimum absolute atomic E-state index is 0.272. The molecule has 4 nitrogen and oxygen atoms in total. The van der Waals surface area contributed by atoms with Gasteiger partial charge < -0.3 is 15.6 Å². The van der Waals surface area contributed by atoms with Gasteiger partial charge in [0.1, 0.15) is 5.75 Å². The molecule has 0 radical (unpaired) electrons. The van der Waals surface area contributed by atoms with Crippen LogP contribution in [0.15, 0.2) is 24.3 Å². The van der Waals surface area contributed by atoms with E-state index in [9.17, 15) is 9.90 Å². The molecule has 0 aromatic heterocycles. The standard InChI is InChI=1S/C13H19NO3/c1-10(15)11-5-7-12(8-6-11)17-9-3-2-4-13(14)16/h5-8,10,15H,2-4,9H2,1H3,(H2,14,16). The van der Waals surface area contributed by atoms with Gasteiger partial charge in [-0.25, -0.2) is 0 Å². The number of aliphatic hydroxyl groups excluding tert-OH is 1. The van der Waals surface area contributed by atoms with Crippen molar-refractivity contribution in [1.82, 2.24) is 0 Å². The van der Waals surface area contributed by atoms with Gasteiger partial charge in [0.25, 0.3) is 0 Å². The summed E-state index contributed by atoms with van der Waals surface area (Å²) in [5.41, 5.74) is 5.89. The van der Waals surface area contributed by atoms with Crippen LogP contribution in [0.5, 0.6) is 5.75 Å². The van der Waals surface area contributed by atoms with Gasteiger partial charge >= 0.3 is 0 Å². The number of unbranched alkanes of at least 4 members (excludes halogenated alkanes) is 1. The van der Waals surface area contributed by atoms with Crippen LogP contribution >= 0.6 is 0 Å². The Morgan fingerprint density at radius 1 is 1.35 bits per heavy atom. The van der Waals surface area contributed by atoms with Crippen LogP contribution < -0.4 is 10.5 Å². The quantitative estimate of drug-likeness (QED) is 0.710. The predicted molar refractivity (Wildman–Crippen MR) is 65.6 cm³/mol. The van der Waals surface area contributed by atoms with E-state index in [0.29, 0.717) is 13.0 Å². The third-order valence-electron chi connectivity index (χ3n) is 2.45. The van der Waals surface area contributed by atoms with E-state index in [0.717, 1.165) is 24.2 Å². The third-order valence-corrected chi connectivity index (χ3v) is 2.45. The van der Waals surface area contributed by atoms with Gasteiger partial charge in [0.15, 0.2) is 0 Å². The molecule has 0 aliphatic carbocycles. The Morgan fingerprint density at radius 2 is 2.00 bits per heavy atom. The number of hydrogen-bond acceptors (Lipinski definition) is 3. The number of ether oxygens (including phenoxy) is 1. The van der Waals surface area contributed by atoms with Gasteiger partial charge in [-0.3, -0.25) is 4.79 Å². The summed E-state index contributed by atoms with van der Waals surface area (Å²) in [5.74, 6) is 0.500. The highest BCUT2D eigenvalue weighted by Gasteiger charge is 2.00. The monoisotopic (exact) mass is 237 g/mol. The first-order chi connectivity index (χ1) is 8.09. The van der Waals surface area contributed by atoms with Crippen molar-refractivity contribution in [3.63, 3.8) is 0 Å². The fraction of sp³-hybridized carbons (Fsp3) is 0.462. The Bertz CT molecular complexity index is 346.